The van der Waals surface area contributed by atoms with Crippen LogP contribution in [0, 0.1) is 0 Å². The zero-order chi connectivity index (χ0) is 30.9. The summed E-state index contributed by atoms with van der Waals surface area (Å²) in [6.45, 7) is 0.838. The van der Waals surface area contributed by atoms with E-state index >= 15 is 0 Å². The number of aryl methyl sites for hydroxylation is 1. The second-order valence-corrected chi connectivity index (χ2v) is 12.7. The van der Waals surface area contributed by atoms with Crippen molar-refractivity contribution in [2.75, 3.05) is 6.54 Å². The highest BCUT2D eigenvalue weighted by atomic mass is 16.3. The van der Waals surface area contributed by atoms with Crippen LogP contribution in [0.3, 0.4) is 0 Å². The maximum atomic E-state index is 6.86. The van der Waals surface area contributed by atoms with E-state index in [9.17, 15) is 0 Å². The standard InChI is InChI=1S/C44H30N2O/c1-2-9-30-24-32(20-17-27(30)8-1)38-26-39-37-16-6-15-34(43(37)47-44(39)36-14-4-3-13-35(36)38)31-10-5-11-33(25-31)40-22-21-29-19-18-28-12-7-23-45-41(28)42(29)46-40/h1-6,8-20,24-26H,7,21-23H2. The lowest BCUT2D eigenvalue weighted by Crippen LogP contribution is -2.30. The van der Waals surface area contributed by atoms with Gasteiger partial charge >= 0.3 is 0 Å². The van der Waals surface area contributed by atoms with Gasteiger partial charge in [0.05, 0.1) is 11.0 Å². The van der Waals surface area contributed by atoms with E-state index in [0.29, 0.717) is 0 Å². The molecule has 10 rings (SSSR count). The predicted octanol–water partition coefficient (Wildman–Crippen LogP) is 10.1. The first-order valence-corrected chi connectivity index (χ1v) is 16.5. The molecule has 0 amide bonds. The first kappa shape index (κ1) is 26.4. The maximum Gasteiger partial charge on any atom is 0.143 e. The van der Waals surface area contributed by atoms with Crippen LogP contribution < -0.4 is 10.6 Å². The molecule has 47 heavy (non-hydrogen) atoms. The highest BCUT2D eigenvalue weighted by Gasteiger charge is 2.20. The molecule has 3 heterocycles. The minimum absolute atomic E-state index is 0.838. The van der Waals surface area contributed by atoms with Crippen LogP contribution in [0.15, 0.2) is 142 Å². The van der Waals surface area contributed by atoms with Crippen LogP contribution in [-0.4, -0.2) is 12.3 Å². The number of aliphatic imine (C=N–C) groups is 1. The molecule has 0 aliphatic carbocycles. The topological polar surface area (TPSA) is 37.9 Å². The number of nitrogens with zero attached hydrogens (tertiary/aromatic N) is 2. The molecule has 0 radical (unpaired) electrons. The molecule has 0 fully saturated rings. The summed E-state index contributed by atoms with van der Waals surface area (Å²) in [5.41, 5.74) is 11.1. The molecule has 2 aliphatic rings. The van der Waals surface area contributed by atoms with Gasteiger partial charge in [-0.1, -0.05) is 115 Å². The summed E-state index contributed by atoms with van der Waals surface area (Å²) >= 11 is 0. The summed E-state index contributed by atoms with van der Waals surface area (Å²) in [7, 11) is 0. The molecule has 7 aromatic carbocycles. The third-order valence-corrected chi connectivity index (χ3v) is 9.98. The predicted molar refractivity (Wildman–Crippen MR) is 195 cm³/mol. The fourth-order valence-corrected chi connectivity index (χ4v) is 7.65. The zero-order valence-corrected chi connectivity index (χ0v) is 25.8. The summed E-state index contributed by atoms with van der Waals surface area (Å²) in [4.78, 5) is 10.1. The number of para-hydroxylation sites is 1. The van der Waals surface area contributed by atoms with E-state index in [1.165, 1.54) is 38.1 Å². The van der Waals surface area contributed by atoms with Crippen molar-refractivity contribution in [3.63, 3.8) is 0 Å². The number of benzene rings is 7. The lowest BCUT2D eigenvalue weighted by molar-refractivity contribution is 0.674. The second-order valence-electron chi connectivity index (χ2n) is 12.7. The molecular weight excluding hydrogens is 572 g/mol. The molecule has 0 spiro atoms. The number of rotatable bonds is 3. The van der Waals surface area contributed by atoms with Crippen LogP contribution in [0.4, 0.5) is 5.69 Å². The van der Waals surface area contributed by atoms with Gasteiger partial charge in [-0.15, -0.1) is 0 Å². The monoisotopic (exact) mass is 602 g/mol. The summed E-state index contributed by atoms with van der Waals surface area (Å²) in [6, 6.07) is 46.0. The smallest absolute Gasteiger partial charge is 0.143 e. The Hall–Kier alpha value is -5.80. The average Bonchev–Trinajstić information content (AvgIpc) is 3.53. The minimum Gasteiger partial charge on any atom is -0.455 e. The van der Waals surface area contributed by atoms with Crippen molar-refractivity contribution in [3.05, 3.63) is 149 Å². The summed E-state index contributed by atoms with van der Waals surface area (Å²) in [6.07, 6.45) is 5.18. The summed E-state index contributed by atoms with van der Waals surface area (Å²) < 4.78 is 6.86. The van der Waals surface area contributed by atoms with Crippen LogP contribution in [0.2, 0.25) is 0 Å². The van der Waals surface area contributed by atoms with E-state index in [0.717, 1.165) is 86.6 Å². The van der Waals surface area contributed by atoms with E-state index in [1.807, 2.05) is 0 Å². The van der Waals surface area contributed by atoms with Gasteiger partial charge in [0.15, 0.2) is 0 Å². The normalized spacial score (nSPS) is 14.1. The van der Waals surface area contributed by atoms with E-state index in [4.69, 9.17) is 14.4 Å². The van der Waals surface area contributed by atoms with Gasteiger partial charge in [0.2, 0.25) is 0 Å². The number of hydrogen-bond donors (Lipinski definition) is 0. The molecular formula is C44H30N2O. The van der Waals surface area contributed by atoms with E-state index in [2.05, 4.69) is 133 Å². The Balaban J connectivity index is 1.14. The fraction of sp³-hybridized carbons (Fsp3) is 0.0909. The summed E-state index contributed by atoms with van der Waals surface area (Å²) in [5.74, 6) is 0. The Morgan fingerprint density at radius 3 is 2.28 bits per heavy atom. The van der Waals surface area contributed by atoms with E-state index in [-0.39, 0.29) is 0 Å². The molecule has 3 nitrogen and oxygen atoms in total. The van der Waals surface area contributed by atoms with Gasteiger partial charge in [-0.3, -0.25) is 9.98 Å². The Labute approximate surface area is 271 Å². The van der Waals surface area contributed by atoms with Crippen molar-refractivity contribution in [3.8, 4) is 22.3 Å². The van der Waals surface area contributed by atoms with Crippen molar-refractivity contribution in [2.24, 2.45) is 9.98 Å². The highest BCUT2D eigenvalue weighted by molar-refractivity contribution is 6.21. The van der Waals surface area contributed by atoms with E-state index < -0.39 is 0 Å². The third-order valence-electron chi connectivity index (χ3n) is 9.98. The van der Waals surface area contributed by atoms with Gasteiger partial charge < -0.3 is 4.42 Å². The van der Waals surface area contributed by atoms with Crippen LogP contribution in [0.5, 0.6) is 0 Å². The van der Waals surface area contributed by atoms with Crippen molar-refractivity contribution in [2.45, 2.75) is 19.3 Å². The van der Waals surface area contributed by atoms with Crippen molar-refractivity contribution >= 4 is 61.0 Å². The first-order valence-electron chi connectivity index (χ1n) is 16.5. The third kappa shape index (κ3) is 4.20. The van der Waals surface area contributed by atoms with Gasteiger partial charge in [-0.25, -0.2) is 0 Å². The highest BCUT2D eigenvalue weighted by Crippen LogP contribution is 2.43. The fourth-order valence-electron chi connectivity index (χ4n) is 7.65. The summed E-state index contributed by atoms with van der Waals surface area (Å²) in [5, 5.41) is 9.35. The Kier molecular flexibility index (Phi) is 5.83. The Morgan fingerprint density at radius 1 is 0.532 bits per heavy atom. The number of fused-ring (bicyclic) bond motifs is 9. The Bertz CT molecular complexity index is 2750. The molecule has 0 N–H and O–H groups in total. The van der Waals surface area contributed by atoms with Crippen molar-refractivity contribution in [1.82, 2.24) is 0 Å². The van der Waals surface area contributed by atoms with Crippen molar-refractivity contribution in [1.29, 1.82) is 0 Å². The van der Waals surface area contributed by atoms with Gasteiger partial charge in [0, 0.05) is 34.0 Å². The molecule has 2 aliphatic heterocycles. The van der Waals surface area contributed by atoms with Crippen molar-refractivity contribution < 1.29 is 4.42 Å². The van der Waals surface area contributed by atoms with Crippen LogP contribution >= 0.6 is 0 Å². The van der Waals surface area contributed by atoms with Crippen LogP contribution in [-0.2, 0) is 6.42 Å². The average molecular weight is 603 g/mol. The Morgan fingerprint density at radius 2 is 1.32 bits per heavy atom. The molecule has 8 aromatic rings. The lowest BCUT2D eigenvalue weighted by Gasteiger charge is -2.17. The van der Waals surface area contributed by atoms with Gasteiger partial charge in [-0.2, -0.15) is 0 Å². The lowest BCUT2D eigenvalue weighted by atomic mass is 9.93. The van der Waals surface area contributed by atoms with Gasteiger partial charge in [0.25, 0.3) is 0 Å². The first-order chi connectivity index (χ1) is 23.3. The molecule has 1 aromatic heterocycles. The van der Waals surface area contributed by atoms with Crippen LogP contribution in [0.25, 0.3) is 71.8 Å². The SMILES string of the molecule is C1=c2ccc3c(c2=NCC1)N=C(c1cccc(-c2cccc4c2oc2c5ccccc5c(-c5ccc6ccccc6c5)cc42)c1)CC3. The molecule has 0 saturated carbocycles. The van der Waals surface area contributed by atoms with Gasteiger partial charge in [-0.05, 0) is 86.7 Å². The van der Waals surface area contributed by atoms with E-state index in [1.54, 1.807) is 0 Å². The molecule has 0 atom stereocenters. The van der Waals surface area contributed by atoms with Crippen LogP contribution in [0.1, 0.15) is 24.0 Å². The number of furan rings is 1. The molecule has 0 saturated heterocycles. The largest absolute Gasteiger partial charge is 0.455 e. The zero-order valence-electron chi connectivity index (χ0n) is 25.8. The maximum absolute atomic E-state index is 6.86. The minimum atomic E-state index is 0.838. The van der Waals surface area contributed by atoms with Gasteiger partial charge in [0.1, 0.15) is 11.2 Å². The molecule has 0 bridgehead atoms. The second kappa shape index (κ2) is 10.4. The molecule has 3 heteroatoms. The molecule has 0 unspecified atom stereocenters. The number of hydrogen-bond acceptors (Lipinski definition) is 3. The molecule has 222 valence electrons. The quantitative estimate of drug-likeness (QED) is 0.198.